The second kappa shape index (κ2) is 14.2. The summed E-state index contributed by atoms with van der Waals surface area (Å²) in [6, 6.07) is 16.6. The van der Waals surface area contributed by atoms with Gasteiger partial charge in [0.15, 0.2) is 0 Å². The Labute approximate surface area is 241 Å². The minimum absolute atomic E-state index is 0.0274. The molecule has 0 aromatic heterocycles. The first kappa shape index (κ1) is 31.0. The van der Waals surface area contributed by atoms with E-state index in [-0.39, 0.29) is 16.3 Å². The molecule has 0 bridgehead atoms. The lowest BCUT2D eigenvalue weighted by Crippen LogP contribution is -2.39. The number of halogens is 1. The largest absolute Gasteiger partial charge is 0.494 e. The van der Waals surface area contributed by atoms with Crippen molar-refractivity contribution in [2.75, 3.05) is 17.5 Å². The van der Waals surface area contributed by atoms with Crippen LogP contribution < -0.4 is 13.8 Å². The minimum atomic E-state index is -4.09. The summed E-state index contributed by atoms with van der Waals surface area (Å²) in [7, 11) is -4.09. The highest BCUT2D eigenvalue weighted by Crippen LogP contribution is 2.34. The van der Waals surface area contributed by atoms with E-state index >= 15 is 0 Å². The maximum absolute atomic E-state index is 13.9. The molecule has 0 spiro atoms. The molecule has 2 N–H and O–H groups in total. The van der Waals surface area contributed by atoms with E-state index in [1.165, 1.54) is 22.7 Å². The van der Waals surface area contributed by atoms with Crippen LogP contribution >= 0.6 is 11.6 Å². The summed E-state index contributed by atoms with van der Waals surface area (Å²) in [4.78, 5) is 11.1. The number of benzene rings is 3. The Kier molecular flexibility index (Phi) is 11.0. The molecule has 0 aliphatic heterocycles. The lowest BCUT2D eigenvalue weighted by Gasteiger charge is -2.31. The number of hydrogen-bond donors (Lipinski definition) is 2. The van der Waals surface area contributed by atoms with Crippen molar-refractivity contribution in [2.45, 2.75) is 57.4 Å². The van der Waals surface area contributed by atoms with Gasteiger partial charge in [-0.2, -0.15) is 0 Å². The van der Waals surface area contributed by atoms with Gasteiger partial charge in [0.2, 0.25) is 0 Å². The molecule has 0 saturated heterocycles. The fourth-order valence-electron chi connectivity index (χ4n) is 4.47. The molecule has 3 aromatic rings. The van der Waals surface area contributed by atoms with E-state index in [0.717, 1.165) is 16.7 Å². The summed E-state index contributed by atoms with van der Waals surface area (Å²) < 4.78 is 40.7. The van der Waals surface area contributed by atoms with Gasteiger partial charge in [-0.05, 0) is 86.7 Å². The Hall–Kier alpha value is -3.56. The number of ether oxygens (including phenoxy) is 2. The van der Waals surface area contributed by atoms with Crippen molar-refractivity contribution in [2.24, 2.45) is 0 Å². The number of sulfonamides is 1. The van der Waals surface area contributed by atoms with Crippen molar-refractivity contribution >= 4 is 39.5 Å². The van der Waals surface area contributed by atoms with Gasteiger partial charge in [0.25, 0.3) is 10.0 Å². The molecular formula is C30H35ClN2O6S. The molecule has 3 aromatic carbocycles. The zero-order valence-electron chi connectivity index (χ0n) is 22.9. The van der Waals surface area contributed by atoms with Gasteiger partial charge in [-0.1, -0.05) is 29.8 Å². The first-order chi connectivity index (χ1) is 19.1. The average molecular weight is 587 g/mol. The van der Waals surface area contributed by atoms with Crippen LogP contribution in [-0.4, -0.2) is 45.0 Å². The van der Waals surface area contributed by atoms with Gasteiger partial charge < -0.3 is 20.0 Å². The summed E-state index contributed by atoms with van der Waals surface area (Å²) in [6.07, 6.45) is 2.41. The van der Waals surface area contributed by atoms with Crippen molar-refractivity contribution in [1.82, 2.24) is 0 Å². The molecule has 0 amide bonds. The standard InChI is InChI=1S/C30H35ClN2O6S/c1-4-38-26-13-12-23(24(18-26)20-32)14-15-39-27-17-21(2)16-25(19-27)33(22(3)8-7-11-30(34)35)40(36,37)29-10-6-5-9-28(29)31/h5-6,9-10,12-13,16-20,22,32H,4,7-8,11,14-15H2,1-3H3,(H,34,35). The number of hydrogen-bond acceptors (Lipinski definition) is 6. The third-order valence-corrected chi connectivity index (χ3v) is 8.74. The fraction of sp³-hybridized carbons (Fsp3) is 0.333. The lowest BCUT2D eigenvalue weighted by molar-refractivity contribution is -0.137. The molecule has 0 aliphatic rings. The number of aryl methyl sites for hydroxylation is 1. The number of carbonyl (C=O) groups is 1. The quantitative estimate of drug-likeness (QED) is 0.196. The SMILES string of the molecule is CCOc1ccc(CCOc2cc(C)cc(N(C(C)CCCC(=O)O)S(=O)(=O)c3ccccc3Cl)c2)c(C=N)c1. The summed E-state index contributed by atoms with van der Waals surface area (Å²) in [5.41, 5.74) is 2.87. The molecule has 0 fully saturated rings. The molecule has 0 saturated carbocycles. The third kappa shape index (κ3) is 7.99. The average Bonchev–Trinajstić information content (AvgIpc) is 2.89. The van der Waals surface area contributed by atoms with Crippen LogP contribution in [0.1, 0.15) is 49.8 Å². The smallest absolute Gasteiger partial charge is 0.303 e. The highest BCUT2D eigenvalue weighted by Gasteiger charge is 2.31. The van der Waals surface area contributed by atoms with Crippen molar-refractivity contribution < 1.29 is 27.8 Å². The first-order valence-corrected chi connectivity index (χ1v) is 14.9. The number of anilines is 1. The van der Waals surface area contributed by atoms with Crippen molar-refractivity contribution in [3.8, 4) is 11.5 Å². The molecule has 0 radical (unpaired) electrons. The zero-order valence-corrected chi connectivity index (χ0v) is 24.5. The van der Waals surface area contributed by atoms with Crippen LogP contribution in [0.3, 0.4) is 0 Å². The van der Waals surface area contributed by atoms with Crippen molar-refractivity contribution in [3.05, 3.63) is 82.4 Å². The molecule has 10 heteroatoms. The third-order valence-electron chi connectivity index (χ3n) is 6.30. The second-order valence-electron chi connectivity index (χ2n) is 9.41. The number of nitrogens with zero attached hydrogens (tertiary/aromatic N) is 1. The Morgan fingerprint density at radius 3 is 2.52 bits per heavy atom. The van der Waals surface area contributed by atoms with Crippen LogP contribution in [0.5, 0.6) is 11.5 Å². The van der Waals surface area contributed by atoms with E-state index < -0.39 is 22.0 Å². The van der Waals surface area contributed by atoms with Crippen LogP contribution in [0.15, 0.2) is 65.6 Å². The highest BCUT2D eigenvalue weighted by molar-refractivity contribution is 7.93. The molecule has 0 aliphatic carbocycles. The van der Waals surface area contributed by atoms with Gasteiger partial charge in [0.1, 0.15) is 16.4 Å². The Balaban J connectivity index is 1.89. The van der Waals surface area contributed by atoms with Crippen LogP contribution in [0, 0.1) is 12.3 Å². The van der Waals surface area contributed by atoms with Crippen LogP contribution in [0.25, 0.3) is 0 Å². The van der Waals surface area contributed by atoms with Gasteiger partial charge in [-0.25, -0.2) is 8.42 Å². The predicted molar refractivity (Wildman–Crippen MR) is 158 cm³/mol. The van der Waals surface area contributed by atoms with E-state index in [1.807, 2.05) is 38.1 Å². The first-order valence-electron chi connectivity index (χ1n) is 13.1. The number of carboxylic acids is 1. The normalized spacial score (nSPS) is 12.0. The molecule has 8 nitrogen and oxygen atoms in total. The van der Waals surface area contributed by atoms with E-state index in [1.54, 1.807) is 31.2 Å². The highest BCUT2D eigenvalue weighted by atomic mass is 35.5. The van der Waals surface area contributed by atoms with Crippen LogP contribution in [-0.2, 0) is 21.2 Å². The second-order valence-corrected chi connectivity index (χ2v) is 11.6. The molecular weight excluding hydrogens is 552 g/mol. The Morgan fingerprint density at radius 1 is 1.10 bits per heavy atom. The predicted octanol–water partition coefficient (Wildman–Crippen LogP) is 6.50. The number of nitrogens with one attached hydrogen (secondary N) is 1. The summed E-state index contributed by atoms with van der Waals surface area (Å²) in [5.74, 6) is 0.262. The van der Waals surface area contributed by atoms with Gasteiger partial charge in [-0.15, -0.1) is 0 Å². The fourth-order valence-corrected chi connectivity index (χ4v) is 6.63. The van der Waals surface area contributed by atoms with Gasteiger partial charge in [0, 0.05) is 31.2 Å². The lowest BCUT2D eigenvalue weighted by atomic mass is 10.1. The van der Waals surface area contributed by atoms with E-state index in [0.29, 0.717) is 49.7 Å². The van der Waals surface area contributed by atoms with Crippen molar-refractivity contribution in [1.29, 1.82) is 5.41 Å². The van der Waals surface area contributed by atoms with Gasteiger partial charge in [-0.3, -0.25) is 9.10 Å². The summed E-state index contributed by atoms with van der Waals surface area (Å²) in [5, 5.41) is 16.9. The number of rotatable bonds is 15. The van der Waals surface area contributed by atoms with E-state index in [2.05, 4.69) is 0 Å². The minimum Gasteiger partial charge on any atom is -0.494 e. The molecule has 3 rings (SSSR count). The topological polar surface area (TPSA) is 117 Å². The van der Waals surface area contributed by atoms with Crippen molar-refractivity contribution in [3.63, 3.8) is 0 Å². The summed E-state index contributed by atoms with van der Waals surface area (Å²) >= 11 is 6.30. The molecule has 1 atom stereocenters. The molecule has 1 unspecified atom stereocenters. The summed E-state index contributed by atoms with van der Waals surface area (Å²) in [6.45, 7) is 6.36. The van der Waals surface area contributed by atoms with Crippen LogP contribution in [0.4, 0.5) is 5.69 Å². The molecule has 0 heterocycles. The van der Waals surface area contributed by atoms with Gasteiger partial charge in [0.05, 0.1) is 23.9 Å². The van der Waals surface area contributed by atoms with E-state index in [9.17, 15) is 13.2 Å². The van der Waals surface area contributed by atoms with E-state index in [4.69, 9.17) is 31.6 Å². The van der Waals surface area contributed by atoms with Crippen LogP contribution in [0.2, 0.25) is 5.02 Å². The maximum atomic E-state index is 13.9. The Bertz CT molecular complexity index is 1440. The number of aliphatic carboxylic acids is 1. The zero-order chi connectivity index (χ0) is 29.3. The monoisotopic (exact) mass is 586 g/mol. The van der Waals surface area contributed by atoms with Gasteiger partial charge >= 0.3 is 5.97 Å². The maximum Gasteiger partial charge on any atom is 0.303 e. The molecule has 214 valence electrons. The Morgan fingerprint density at radius 2 is 1.85 bits per heavy atom. The molecule has 40 heavy (non-hydrogen) atoms. The number of carboxylic acid groups (broad SMARTS) is 1.